The van der Waals surface area contributed by atoms with Gasteiger partial charge >= 0.3 is 0 Å². The van der Waals surface area contributed by atoms with Crippen LogP contribution in [0, 0.1) is 5.92 Å². The topological polar surface area (TPSA) is 49.5 Å². The van der Waals surface area contributed by atoms with Crippen LogP contribution in [0.4, 0.5) is 5.69 Å². The lowest BCUT2D eigenvalue weighted by Gasteiger charge is -2.23. The first-order valence-electron chi connectivity index (χ1n) is 6.87. The van der Waals surface area contributed by atoms with Gasteiger partial charge in [0.05, 0.1) is 0 Å². The molecule has 1 fully saturated rings. The van der Waals surface area contributed by atoms with E-state index in [0.29, 0.717) is 11.8 Å². The summed E-state index contributed by atoms with van der Waals surface area (Å²) in [4.78, 5) is 2.48. The third-order valence-corrected chi connectivity index (χ3v) is 3.53. The molecular weight excluding hydrogens is 224 g/mol. The van der Waals surface area contributed by atoms with E-state index in [1.54, 1.807) is 12.1 Å². The molecule has 0 spiro atoms. The molecule has 3 N–H and O–H groups in total. The summed E-state index contributed by atoms with van der Waals surface area (Å²) in [5.74, 6) is 1.08. The van der Waals surface area contributed by atoms with Gasteiger partial charge in [0, 0.05) is 23.8 Å². The van der Waals surface area contributed by atoms with Crippen LogP contribution in [-0.4, -0.2) is 22.6 Å². The van der Waals surface area contributed by atoms with Gasteiger partial charge in [-0.2, -0.15) is 0 Å². The molecule has 1 aliphatic rings. The smallest absolute Gasteiger partial charge is 0.120 e. The van der Waals surface area contributed by atoms with Crippen LogP contribution in [0.5, 0.6) is 5.75 Å². The zero-order chi connectivity index (χ0) is 13.1. The van der Waals surface area contributed by atoms with E-state index >= 15 is 0 Å². The molecule has 1 aromatic rings. The third-order valence-electron chi connectivity index (χ3n) is 3.53. The maximum absolute atomic E-state index is 9.88. The summed E-state index contributed by atoms with van der Waals surface area (Å²) >= 11 is 0. The molecule has 1 aromatic carbocycles. The number of phenolic OH excluding ortho intramolecular Hbond substituents is 1. The van der Waals surface area contributed by atoms with Crippen molar-refractivity contribution in [2.45, 2.75) is 45.7 Å². The van der Waals surface area contributed by atoms with Crippen molar-refractivity contribution in [2.24, 2.45) is 5.92 Å². The molecule has 1 aliphatic carbocycles. The Kier molecular flexibility index (Phi) is 4.12. The Morgan fingerprint density at radius 3 is 2.72 bits per heavy atom. The van der Waals surface area contributed by atoms with Gasteiger partial charge in [-0.05, 0) is 49.9 Å². The minimum atomic E-state index is 0.361. The number of benzene rings is 1. The van der Waals surface area contributed by atoms with Crippen molar-refractivity contribution >= 4 is 5.69 Å². The summed E-state index contributed by atoms with van der Waals surface area (Å²) in [5, 5.41) is 9.88. The first-order chi connectivity index (χ1) is 8.56. The van der Waals surface area contributed by atoms with Gasteiger partial charge in [-0.3, -0.25) is 4.90 Å². The molecule has 0 atom stereocenters. The molecule has 0 heterocycles. The van der Waals surface area contributed by atoms with Gasteiger partial charge in [0.2, 0.25) is 0 Å². The molecular formula is C15H24N2O. The Hall–Kier alpha value is -1.22. The van der Waals surface area contributed by atoms with Crippen molar-refractivity contribution in [3.8, 4) is 5.75 Å². The number of nitrogen functional groups attached to an aromatic ring is 1. The monoisotopic (exact) mass is 248 g/mol. The molecule has 3 heteroatoms. The van der Waals surface area contributed by atoms with Crippen LogP contribution in [-0.2, 0) is 6.54 Å². The maximum Gasteiger partial charge on any atom is 0.120 e. The molecule has 0 aliphatic heterocycles. The lowest BCUT2D eigenvalue weighted by atomic mass is 10.1. The van der Waals surface area contributed by atoms with E-state index in [-0.39, 0.29) is 0 Å². The average Bonchev–Trinajstić information content (AvgIpc) is 3.12. The summed E-state index contributed by atoms with van der Waals surface area (Å²) in [7, 11) is 0. The molecule has 18 heavy (non-hydrogen) atoms. The van der Waals surface area contributed by atoms with Crippen LogP contribution in [0.25, 0.3) is 0 Å². The van der Waals surface area contributed by atoms with Crippen molar-refractivity contribution in [1.29, 1.82) is 0 Å². The van der Waals surface area contributed by atoms with Gasteiger partial charge in [0.15, 0.2) is 0 Å². The highest BCUT2D eigenvalue weighted by atomic mass is 16.3. The molecule has 0 unspecified atom stereocenters. The molecule has 3 nitrogen and oxygen atoms in total. The van der Waals surface area contributed by atoms with E-state index in [9.17, 15) is 5.11 Å². The second-order valence-corrected chi connectivity index (χ2v) is 5.77. The van der Waals surface area contributed by atoms with Gasteiger partial charge in [-0.25, -0.2) is 0 Å². The number of rotatable bonds is 6. The van der Waals surface area contributed by atoms with Gasteiger partial charge in [0.1, 0.15) is 5.75 Å². The Morgan fingerprint density at radius 1 is 1.39 bits per heavy atom. The zero-order valence-corrected chi connectivity index (χ0v) is 11.4. The van der Waals surface area contributed by atoms with E-state index in [0.717, 1.165) is 30.3 Å². The predicted octanol–water partition coefficient (Wildman–Crippen LogP) is 2.98. The molecule has 0 saturated heterocycles. The fourth-order valence-corrected chi connectivity index (χ4v) is 2.21. The highest BCUT2D eigenvalue weighted by Crippen LogP contribution is 2.31. The molecule has 1 saturated carbocycles. The molecule has 0 radical (unpaired) electrons. The van der Waals surface area contributed by atoms with Crippen molar-refractivity contribution in [2.75, 3.05) is 12.3 Å². The summed E-state index contributed by atoms with van der Waals surface area (Å²) in [6.07, 6.45) is 3.79. The van der Waals surface area contributed by atoms with Gasteiger partial charge in [0.25, 0.3) is 0 Å². The number of aromatic hydroxyl groups is 1. The van der Waals surface area contributed by atoms with Crippen molar-refractivity contribution in [3.63, 3.8) is 0 Å². The minimum absolute atomic E-state index is 0.361. The Labute approximate surface area is 110 Å². The summed E-state index contributed by atoms with van der Waals surface area (Å²) in [6, 6.07) is 6.04. The zero-order valence-electron chi connectivity index (χ0n) is 11.4. The van der Waals surface area contributed by atoms with Crippen molar-refractivity contribution < 1.29 is 5.11 Å². The summed E-state index contributed by atoms with van der Waals surface area (Å²) in [5.41, 5.74) is 7.46. The number of phenols is 1. The lowest BCUT2D eigenvalue weighted by Crippen LogP contribution is -2.27. The highest BCUT2D eigenvalue weighted by molar-refractivity contribution is 5.47. The predicted molar refractivity (Wildman–Crippen MR) is 75.4 cm³/mol. The minimum Gasteiger partial charge on any atom is -0.508 e. The Bertz CT molecular complexity index is 399. The molecule has 2 rings (SSSR count). The average molecular weight is 248 g/mol. The number of nitrogens with two attached hydrogens (primary N) is 1. The summed E-state index contributed by atoms with van der Waals surface area (Å²) in [6.45, 7) is 6.43. The largest absolute Gasteiger partial charge is 0.508 e. The fraction of sp³-hybridized carbons (Fsp3) is 0.600. The van der Waals surface area contributed by atoms with Crippen LogP contribution in [0.15, 0.2) is 18.2 Å². The highest BCUT2D eigenvalue weighted by Gasteiger charge is 2.29. The normalized spacial score (nSPS) is 15.6. The molecule has 100 valence electrons. The van der Waals surface area contributed by atoms with E-state index < -0.39 is 0 Å². The standard InChI is InChI=1S/C15H24N2O/c1-11(2)7-8-17(14-4-5-14)10-12-9-13(16)3-6-15(12)18/h3,6,9,11,14,18H,4-5,7-8,10,16H2,1-2H3. The van der Waals surface area contributed by atoms with Gasteiger partial charge in [-0.1, -0.05) is 13.8 Å². The summed E-state index contributed by atoms with van der Waals surface area (Å²) < 4.78 is 0. The van der Waals surface area contributed by atoms with Gasteiger partial charge in [-0.15, -0.1) is 0 Å². The van der Waals surface area contributed by atoms with E-state index in [2.05, 4.69) is 18.7 Å². The van der Waals surface area contributed by atoms with E-state index in [1.807, 2.05) is 6.07 Å². The van der Waals surface area contributed by atoms with Crippen LogP contribution in [0.2, 0.25) is 0 Å². The second kappa shape index (κ2) is 5.61. The van der Waals surface area contributed by atoms with E-state index in [4.69, 9.17) is 5.73 Å². The van der Waals surface area contributed by atoms with Crippen LogP contribution in [0.1, 0.15) is 38.7 Å². The quantitative estimate of drug-likeness (QED) is 0.601. The Balaban J connectivity index is 2.01. The van der Waals surface area contributed by atoms with Crippen LogP contribution < -0.4 is 5.73 Å². The lowest BCUT2D eigenvalue weighted by molar-refractivity contribution is 0.236. The molecule has 0 aromatic heterocycles. The first-order valence-corrected chi connectivity index (χ1v) is 6.87. The SMILES string of the molecule is CC(C)CCN(Cc1cc(N)ccc1O)C1CC1. The number of nitrogens with zero attached hydrogens (tertiary/aromatic N) is 1. The van der Waals surface area contributed by atoms with Crippen LogP contribution >= 0.6 is 0 Å². The Morgan fingerprint density at radius 2 is 2.11 bits per heavy atom. The number of hydrogen-bond donors (Lipinski definition) is 2. The first kappa shape index (κ1) is 13.2. The van der Waals surface area contributed by atoms with Crippen molar-refractivity contribution in [1.82, 2.24) is 4.90 Å². The number of anilines is 1. The van der Waals surface area contributed by atoms with E-state index in [1.165, 1.54) is 19.3 Å². The molecule has 0 bridgehead atoms. The third kappa shape index (κ3) is 3.64. The number of hydrogen-bond acceptors (Lipinski definition) is 3. The van der Waals surface area contributed by atoms with Crippen LogP contribution in [0.3, 0.4) is 0 Å². The fourth-order valence-electron chi connectivity index (χ4n) is 2.21. The van der Waals surface area contributed by atoms with Crippen molar-refractivity contribution in [3.05, 3.63) is 23.8 Å². The van der Waals surface area contributed by atoms with Gasteiger partial charge < -0.3 is 10.8 Å². The second-order valence-electron chi connectivity index (χ2n) is 5.77. The molecule has 0 amide bonds. The maximum atomic E-state index is 9.88.